The minimum atomic E-state index is -4.69. The molecule has 0 bridgehead atoms. The van der Waals surface area contributed by atoms with Crippen molar-refractivity contribution in [2.45, 2.75) is 23.0 Å². The highest BCUT2D eigenvalue weighted by Crippen LogP contribution is 2.31. The smallest absolute Gasteiger partial charge is 0.277 e. The maximum absolute atomic E-state index is 12.7. The van der Waals surface area contributed by atoms with E-state index in [-0.39, 0.29) is 5.75 Å². The van der Waals surface area contributed by atoms with Gasteiger partial charge in [0.05, 0.1) is 26.4 Å². The highest BCUT2D eigenvalue weighted by Gasteiger charge is 2.31. The van der Waals surface area contributed by atoms with E-state index in [9.17, 15) is 26.4 Å². The molecule has 0 saturated carbocycles. The van der Waals surface area contributed by atoms with Gasteiger partial charge in [-0.2, -0.15) is 13.2 Å². The van der Waals surface area contributed by atoms with Crippen LogP contribution in [0, 0.1) is 6.92 Å². The quantitative estimate of drug-likeness (QED) is 0.332. The summed E-state index contributed by atoms with van der Waals surface area (Å²) in [6, 6.07) is 3.20. The van der Waals surface area contributed by atoms with Crippen molar-refractivity contribution in [2.24, 2.45) is 0 Å². The second kappa shape index (κ2) is 8.26. The van der Waals surface area contributed by atoms with Crippen LogP contribution in [0.3, 0.4) is 0 Å². The highest BCUT2D eigenvalue weighted by atomic mass is 32.2. The number of nitrogens with zero attached hydrogens (tertiary/aromatic N) is 2. The number of rotatable bonds is 6. The first-order valence-electron chi connectivity index (χ1n) is 7.87. The molecule has 0 aliphatic heterocycles. The number of nitrogens with one attached hydrogen (secondary N) is 2. The Morgan fingerprint density at radius 2 is 2.03 bits per heavy atom. The number of thiophene rings is 1. The Bertz CT molecular complexity index is 1160. The molecule has 0 spiro atoms. The van der Waals surface area contributed by atoms with Gasteiger partial charge in [-0.1, -0.05) is 17.8 Å². The number of benzene rings is 1. The molecule has 0 atom stereocenters. The van der Waals surface area contributed by atoms with Crippen molar-refractivity contribution in [3.05, 3.63) is 47.1 Å². The molecule has 0 radical (unpaired) electrons. The van der Waals surface area contributed by atoms with Crippen LogP contribution in [0.2, 0.25) is 0 Å². The van der Waals surface area contributed by atoms with Crippen LogP contribution in [-0.2, 0) is 21.0 Å². The van der Waals surface area contributed by atoms with Gasteiger partial charge in [0, 0.05) is 0 Å². The van der Waals surface area contributed by atoms with Gasteiger partial charge in [-0.05, 0) is 36.1 Å². The minimum absolute atomic E-state index is 0.159. The lowest BCUT2D eigenvalue weighted by Crippen LogP contribution is -2.42. The van der Waals surface area contributed by atoms with Crippen molar-refractivity contribution < 1.29 is 26.4 Å². The second-order valence-electron chi connectivity index (χ2n) is 5.74. The van der Waals surface area contributed by atoms with Gasteiger partial charge >= 0.3 is 6.18 Å². The fraction of sp³-hybridized carbons (Fsp3) is 0.188. The number of halogens is 3. The van der Waals surface area contributed by atoms with Gasteiger partial charge in [-0.3, -0.25) is 10.2 Å². The molecule has 13 heteroatoms. The van der Waals surface area contributed by atoms with Crippen LogP contribution in [0.15, 0.2) is 45.9 Å². The summed E-state index contributed by atoms with van der Waals surface area (Å²) in [5.41, 5.74) is 2.63. The Hall–Kier alpha value is -2.22. The number of thioether (sulfide) groups is 1. The predicted octanol–water partition coefficient (Wildman–Crippen LogP) is 3.12. The van der Waals surface area contributed by atoms with E-state index in [0.717, 1.165) is 45.7 Å². The fourth-order valence-electron chi connectivity index (χ4n) is 2.24. The van der Waals surface area contributed by atoms with Crippen LogP contribution in [0.25, 0.3) is 10.2 Å². The van der Waals surface area contributed by atoms with Crippen LogP contribution >= 0.6 is 23.1 Å². The Kier molecular flexibility index (Phi) is 6.12. The second-order valence-corrected chi connectivity index (χ2v) is 9.27. The third-order valence-corrected chi connectivity index (χ3v) is 7.09. The van der Waals surface area contributed by atoms with E-state index < -0.39 is 32.6 Å². The summed E-state index contributed by atoms with van der Waals surface area (Å²) in [5.74, 6) is -0.848. The Balaban J connectivity index is 1.63. The van der Waals surface area contributed by atoms with E-state index in [2.05, 4.69) is 9.97 Å². The number of fused-ring (bicyclic) bond motifs is 1. The van der Waals surface area contributed by atoms with Crippen molar-refractivity contribution in [3.8, 4) is 0 Å². The topological polar surface area (TPSA) is 101 Å². The van der Waals surface area contributed by atoms with Crippen molar-refractivity contribution in [3.63, 3.8) is 0 Å². The number of amides is 1. The Morgan fingerprint density at radius 3 is 2.76 bits per heavy atom. The first-order chi connectivity index (χ1) is 13.6. The molecule has 154 valence electrons. The molecule has 1 aromatic carbocycles. The highest BCUT2D eigenvalue weighted by molar-refractivity contribution is 8.00. The molecule has 1 amide bonds. The molecule has 0 saturated heterocycles. The van der Waals surface area contributed by atoms with Crippen LogP contribution in [0.5, 0.6) is 0 Å². The average Bonchev–Trinajstić information content (AvgIpc) is 3.06. The lowest BCUT2D eigenvalue weighted by molar-refractivity contribution is -0.137. The largest absolute Gasteiger partial charge is 0.416 e. The number of carbonyl (C=O) groups excluding carboxylic acids is 1. The number of hydrogen-bond donors (Lipinski definition) is 2. The number of aryl methyl sites for hydroxylation is 1. The van der Waals surface area contributed by atoms with Crippen LogP contribution in [0.4, 0.5) is 13.2 Å². The number of alkyl halides is 3. The zero-order valence-corrected chi connectivity index (χ0v) is 17.1. The zero-order valence-electron chi connectivity index (χ0n) is 14.6. The lowest BCUT2D eigenvalue weighted by atomic mass is 10.2. The summed E-state index contributed by atoms with van der Waals surface area (Å²) >= 11 is 2.52. The summed E-state index contributed by atoms with van der Waals surface area (Å²) in [4.78, 5) is 21.4. The van der Waals surface area contributed by atoms with Gasteiger partial charge in [-0.15, -0.1) is 16.2 Å². The minimum Gasteiger partial charge on any atom is -0.277 e. The molecule has 0 fully saturated rings. The van der Waals surface area contributed by atoms with E-state index >= 15 is 0 Å². The SMILES string of the molecule is Cc1csc2c(SCC(=O)NNS(=O)(=O)c3cccc(C(F)(F)F)c3)ncnc12. The van der Waals surface area contributed by atoms with Gasteiger partial charge in [0.25, 0.3) is 10.0 Å². The molecule has 0 unspecified atom stereocenters. The van der Waals surface area contributed by atoms with Gasteiger partial charge in [0.1, 0.15) is 11.4 Å². The molecule has 0 aliphatic carbocycles. The molecule has 29 heavy (non-hydrogen) atoms. The maximum atomic E-state index is 12.7. The molecule has 3 aromatic rings. The van der Waals surface area contributed by atoms with E-state index in [1.54, 1.807) is 4.83 Å². The number of hydrazine groups is 1. The van der Waals surface area contributed by atoms with E-state index in [1.807, 2.05) is 17.7 Å². The van der Waals surface area contributed by atoms with Crippen molar-refractivity contribution in [1.82, 2.24) is 20.2 Å². The van der Waals surface area contributed by atoms with Crippen LogP contribution in [-0.4, -0.2) is 30.0 Å². The average molecular weight is 463 g/mol. The van der Waals surface area contributed by atoms with Gasteiger partial charge < -0.3 is 0 Å². The maximum Gasteiger partial charge on any atom is 0.416 e. The summed E-state index contributed by atoms with van der Waals surface area (Å²) < 4.78 is 63.4. The number of sulfonamides is 1. The monoisotopic (exact) mass is 462 g/mol. The van der Waals surface area contributed by atoms with Gasteiger partial charge in [0.15, 0.2) is 0 Å². The zero-order chi connectivity index (χ0) is 21.2. The molecule has 7 nitrogen and oxygen atoms in total. The first-order valence-corrected chi connectivity index (χ1v) is 11.2. The standard InChI is InChI=1S/C16H13F3N4O3S3/c1-9-6-27-14-13(9)20-8-21-15(14)28-7-12(24)22-23-29(25,26)11-4-2-3-10(5-11)16(17,18)19/h2-6,8,23H,7H2,1H3,(H,22,24). The lowest BCUT2D eigenvalue weighted by Gasteiger charge is -2.11. The molecule has 0 aliphatic rings. The summed E-state index contributed by atoms with van der Waals surface area (Å²) in [5, 5.41) is 2.48. The number of carbonyl (C=O) groups is 1. The molecule has 2 aromatic heterocycles. The van der Waals surface area contributed by atoms with E-state index in [0.29, 0.717) is 11.1 Å². The third-order valence-electron chi connectivity index (χ3n) is 3.63. The molecular formula is C16H13F3N4O3S3. The summed E-state index contributed by atoms with van der Waals surface area (Å²) in [6.45, 7) is 1.90. The van der Waals surface area contributed by atoms with E-state index in [1.165, 1.54) is 17.7 Å². The van der Waals surface area contributed by atoms with Gasteiger partial charge in [0.2, 0.25) is 5.91 Å². The van der Waals surface area contributed by atoms with Crippen molar-refractivity contribution in [2.75, 3.05) is 5.75 Å². The van der Waals surface area contributed by atoms with Crippen LogP contribution in [0.1, 0.15) is 11.1 Å². The van der Waals surface area contributed by atoms with Gasteiger partial charge in [-0.25, -0.2) is 18.4 Å². The van der Waals surface area contributed by atoms with Crippen molar-refractivity contribution in [1.29, 1.82) is 0 Å². The van der Waals surface area contributed by atoms with Crippen LogP contribution < -0.4 is 10.3 Å². The predicted molar refractivity (Wildman–Crippen MR) is 103 cm³/mol. The Morgan fingerprint density at radius 1 is 1.28 bits per heavy atom. The molecule has 2 N–H and O–H groups in total. The third kappa shape index (κ3) is 5.04. The number of hydrogen-bond acceptors (Lipinski definition) is 7. The summed E-state index contributed by atoms with van der Waals surface area (Å²) in [7, 11) is -4.37. The van der Waals surface area contributed by atoms with Crippen molar-refractivity contribution >= 4 is 49.2 Å². The number of aromatic nitrogens is 2. The Labute approximate surface area is 171 Å². The fourth-order valence-corrected chi connectivity index (χ4v) is 5.04. The normalized spacial score (nSPS) is 12.3. The molecule has 3 rings (SSSR count). The molecular weight excluding hydrogens is 449 g/mol. The van der Waals surface area contributed by atoms with E-state index in [4.69, 9.17) is 0 Å². The first kappa shape index (κ1) is 21.5. The molecule has 2 heterocycles. The summed E-state index contributed by atoms with van der Waals surface area (Å²) in [6.07, 6.45) is -3.31.